The van der Waals surface area contributed by atoms with E-state index in [1.807, 2.05) is 0 Å². The van der Waals surface area contributed by atoms with Gasteiger partial charge in [0, 0.05) is 42.0 Å². The van der Waals surface area contributed by atoms with Gasteiger partial charge in [0.2, 0.25) is 17.8 Å². The van der Waals surface area contributed by atoms with E-state index in [-0.39, 0.29) is 42.1 Å². The molecule has 11 heteroatoms. The van der Waals surface area contributed by atoms with E-state index in [9.17, 15) is 14.4 Å². The first-order chi connectivity index (χ1) is 17.3. The summed E-state index contributed by atoms with van der Waals surface area (Å²) >= 11 is 0. The Labute approximate surface area is 205 Å². The number of benzene rings is 1. The zero-order valence-corrected chi connectivity index (χ0v) is 19.9. The summed E-state index contributed by atoms with van der Waals surface area (Å²) in [4.78, 5) is 47.0. The van der Waals surface area contributed by atoms with Crippen molar-refractivity contribution < 1.29 is 18.7 Å². The van der Waals surface area contributed by atoms with Gasteiger partial charge in [0.1, 0.15) is 17.3 Å². The number of nitrogens with one attached hydrogen (secondary N) is 2. The summed E-state index contributed by atoms with van der Waals surface area (Å²) in [6.45, 7) is 3.62. The molecule has 1 unspecified atom stereocenters. The predicted octanol–water partition coefficient (Wildman–Crippen LogP) is 2.83. The number of anilines is 2. The molecule has 1 fully saturated rings. The number of aryl methyl sites for hydroxylation is 1. The van der Waals surface area contributed by atoms with Crippen LogP contribution < -0.4 is 20.5 Å². The van der Waals surface area contributed by atoms with Crippen LogP contribution in [0.1, 0.15) is 17.7 Å². The van der Waals surface area contributed by atoms with Crippen LogP contribution in [0.5, 0.6) is 5.75 Å². The van der Waals surface area contributed by atoms with Crippen molar-refractivity contribution in [2.75, 3.05) is 23.9 Å². The second-order valence-corrected chi connectivity index (χ2v) is 8.50. The lowest BCUT2D eigenvalue weighted by Gasteiger charge is -2.17. The number of methoxy groups -OCH3 is 1. The molecule has 0 saturated carbocycles. The standard InChI is InChI=1S/C25H24N6O5/c1-14-15(2)26-25(28-23(14)33)31-21(12-19(29-31)20-8-5-9-36-20)27-24(34)16-10-22(32)30(13-16)17-6-4-7-18(11-17)35-3/h4-9,11-12,16H,10,13H2,1-3H3,(H,27,34)(H,26,28,33). The predicted molar refractivity (Wildman–Crippen MR) is 131 cm³/mol. The smallest absolute Gasteiger partial charge is 0.255 e. The highest BCUT2D eigenvalue weighted by Crippen LogP contribution is 2.30. The van der Waals surface area contributed by atoms with E-state index in [0.717, 1.165) is 0 Å². The first kappa shape index (κ1) is 23.1. The van der Waals surface area contributed by atoms with Crippen molar-refractivity contribution in [3.63, 3.8) is 0 Å². The maximum absolute atomic E-state index is 13.3. The molecule has 1 atom stereocenters. The summed E-state index contributed by atoms with van der Waals surface area (Å²) in [6.07, 6.45) is 1.57. The van der Waals surface area contributed by atoms with E-state index >= 15 is 0 Å². The van der Waals surface area contributed by atoms with Crippen molar-refractivity contribution in [2.24, 2.45) is 5.92 Å². The Morgan fingerprint density at radius 2 is 2.03 bits per heavy atom. The highest BCUT2D eigenvalue weighted by molar-refractivity contribution is 6.03. The van der Waals surface area contributed by atoms with Crippen molar-refractivity contribution >= 4 is 23.3 Å². The average molecular weight is 489 g/mol. The first-order valence-electron chi connectivity index (χ1n) is 11.3. The van der Waals surface area contributed by atoms with Gasteiger partial charge in [-0.3, -0.25) is 19.4 Å². The van der Waals surface area contributed by atoms with Crippen LogP contribution in [-0.4, -0.2) is 45.2 Å². The molecule has 0 bridgehead atoms. The van der Waals surface area contributed by atoms with E-state index in [1.54, 1.807) is 68.3 Å². The molecule has 2 N–H and O–H groups in total. The average Bonchev–Trinajstić information content (AvgIpc) is 3.62. The third kappa shape index (κ3) is 4.26. The van der Waals surface area contributed by atoms with Crippen LogP contribution in [0.4, 0.5) is 11.5 Å². The van der Waals surface area contributed by atoms with Gasteiger partial charge in [0.25, 0.3) is 5.56 Å². The van der Waals surface area contributed by atoms with Crippen LogP contribution in [0.3, 0.4) is 0 Å². The van der Waals surface area contributed by atoms with Crippen molar-refractivity contribution in [3.05, 3.63) is 70.3 Å². The number of aromatic amines is 1. The number of amides is 2. The molecule has 1 aromatic carbocycles. The summed E-state index contributed by atoms with van der Waals surface area (Å²) in [7, 11) is 1.55. The lowest BCUT2D eigenvalue weighted by Crippen LogP contribution is -2.29. The molecule has 1 aliphatic rings. The number of aromatic nitrogens is 4. The van der Waals surface area contributed by atoms with Crippen LogP contribution in [0, 0.1) is 19.8 Å². The maximum Gasteiger partial charge on any atom is 0.255 e. The van der Waals surface area contributed by atoms with E-state index in [2.05, 4.69) is 20.4 Å². The number of ether oxygens (including phenoxy) is 1. The fourth-order valence-corrected chi connectivity index (χ4v) is 4.05. The number of carbonyl (C=O) groups is 2. The molecule has 184 valence electrons. The van der Waals surface area contributed by atoms with Gasteiger partial charge in [-0.25, -0.2) is 4.98 Å². The van der Waals surface area contributed by atoms with Crippen LogP contribution in [0.15, 0.2) is 57.9 Å². The van der Waals surface area contributed by atoms with Crippen LogP contribution in [0.25, 0.3) is 17.4 Å². The zero-order valence-electron chi connectivity index (χ0n) is 19.9. The molecule has 4 heterocycles. The second kappa shape index (κ2) is 9.17. The number of nitrogens with zero attached hydrogens (tertiary/aromatic N) is 4. The molecule has 0 radical (unpaired) electrons. The minimum Gasteiger partial charge on any atom is -0.497 e. The molecule has 0 aliphatic carbocycles. The topological polar surface area (TPSA) is 135 Å². The number of H-pyrrole nitrogens is 1. The maximum atomic E-state index is 13.3. The number of hydrogen-bond acceptors (Lipinski definition) is 7. The van der Waals surface area contributed by atoms with Crippen molar-refractivity contribution in [1.29, 1.82) is 0 Å². The summed E-state index contributed by atoms with van der Waals surface area (Å²) in [5.74, 6) is 0.432. The third-order valence-corrected chi connectivity index (χ3v) is 6.18. The van der Waals surface area contributed by atoms with Crippen LogP contribution in [-0.2, 0) is 9.59 Å². The quantitative estimate of drug-likeness (QED) is 0.426. The zero-order chi connectivity index (χ0) is 25.4. The van der Waals surface area contributed by atoms with E-state index in [4.69, 9.17) is 9.15 Å². The Morgan fingerprint density at radius 1 is 1.19 bits per heavy atom. The van der Waals surface area contributed by atoms with Gasteiger partial charge in [-0.05, 0) is 38.1 Å². The molecule has 3 aromatic heterocycles. The normalized spacial score (nSPS) is 15.4. The fraction of sp³-hybridized carbons (Fsp3) is 0.240. The van der Waals surface area contributed by atoms with E-state index < -0.39 is 5.92 Å². The minimum atomic E-state index is -0.592. The molecular formula is C25H24N6O5. The SMILES string of the molecule is COc1cccc(N2CC(C(=O)Nc3cc(-c4ccco4)nn3-c3nc(C)c(C)c(=O)[nH]3)CC2=O)c1. The van der Waals surface area contributed by atoms with Gasteiger partial charge < -0.3 is 19.4 Å². The molecule has 1 saturated heterocycles. The molecule has 2 amide bonds. The Kier molecular flexibility index (Phi) is 5.88. The van der Waals surface area contributed by atoms with Gasteiger partial charge in [-0.1, -0.05) is 6.07 Å². The summed E-state index contributed by atoms with van der Waals surface area (Å²) in [6, 6.07) is 12.2. The molecule has 36 heavy (non-hydrogen) atoms. The Morgan fingerprint density at radius 3 is 2.75 bits per heavy atom. The fourth-order valence-electron chi connectivity index (χ4n) is 4.05. The monoisotopic (exact) mass is 488 g/mol. The van der Waals surface area contributed by atoms with Gasteiger partial charge >= 0.3 is 0 Å². The van der Waals surface area contributed by atoms with Gasteiger partial charge in [-0.15, -0.1) is 0 Å². The Hall–Kier alpha value is -4.67. The second-order valence-electron chi connectivity index (χ2n) is 8.50. The van der Waals surface area contributed by atoms with Crippen molar-refractivity contribution in [3.8, 4) is 23.2 Å². The first-order valence-corrected chi connectivity index (χ1v) is 11.3. The Bertz CT molecular complexity index is 1500. The van der Waals surface area contributed by atoms with Crippen LogP contribution >= 0.6 is 0 Å². The minimum absolute atomic E-state index is 0.0565. The van der Waals surface area contributed by atoms with Crippen LogP contribution in [0.2, 0.25) is 0 Å². The Balaban J connectivity index is 1.44. The largest absolute Gasteiger partial charge is 0.497 e. The lowest BCUT2D eigenvalue weighted by atomic mass is 10.1. The number of hydrogen-bond donors (Lipinski definition) is 2. The molecular weight excluding hydrogens is 464 g/mol. The molecule has 0 spiro atoms. The number of rotatable bonds is 6. The van der Waals surface area contributed by atoms with E-state index in [0.29, 0.717) is 34.1 Å². The molecule has 1 aliphatic heterocycles. The van der Waals surface area contributed by atoms with Crippen molar-refractivity contribution in [1.82, 2.24) is 19.7 Å². The summed E-state index contributed by atoms with van der Waals surface area (Å²) in [5.41, 5.74) is 1.83. The van der Waals surface area contributed by atoms with Gasteiger partial charge in [-0.2, -0.15) is 9.78 Å². The van der Waals surface area contributed by atoms with Gasteiger partial charge in [0.05, 0.1) is 19.3 Å². The number of furan rings is 1. The van der Waals surface area contributed by atoms with Crippen molar-refractivity contribution in [2.45, 2.75) is 20.3 Å². The molecule has 11 nitrogen and oxygen atoms in total. The van der Waals surface area contributed by atoms with E-state index in [1.165, 1.54) is 10.9 Å². The number of carbonyl (C=O) groups excluding carboxylic acids is 2. The highest BCUT2D eigenvalue weighted by atomic mass is 16.5. The molecule has 5 rings (SSSR count). The van der Waals surface area contributed by atoms with Gasteiger partial charge in [0.15, 0.2) is 5.76 Å². The molecule has 4 aromatic rings. The summed E-state index contributed by atoms with van der Waals surface area (Å²) in [5, 5.41) is 7.35. The third-order valence-electron chi connectivity index (χ3n) is 6.18. The highest BCUT2D eigenvalue weighted by Gasteiger charge is 2.36. The lowest BCUT2D eigenvalue weighted by molar-refractivity contribution is -0.122. The summed E-state index contributed by atoms with van der Waals surface area (Å²) < 4.78 is 12.0.